The fourth-order valence-corrected chi connectivity index (χ4v) is 1.86. The van der Waals surface area contributed by atoms with Crippen LogP contribution < -0.4 is 11.1 Å². The van der Waals surface area contributed by atoms with Crippen molar-refractivity contribution in [1.82, 2.24) is 0 Å². The minimum atomic E-state index is 0.130. The van der Waals surface area contributed by atoms with Gasteiger partial charge < -0.3 is 16.3 Å². The summed E-state index contributed by atoms with van der Waals surface area (Å²) in [4.78, 5) is 0. The SMILES string of the molecule is Cc1cc(/C(N)=N/O)ccc1CNc1ccccc1. The number of benzene rings is 2. The molecule has 0 spiro atoms. The zero-order valence-corrected chi connectivity index (χ0v) is 10.8. The van der Waals surface area contributed by atoms with Gasteiger partial charge in [-0.1, -0.05) is 35.5 Å². The third-order valence-corrected chi connectivity index (χ3v) is 3.00. The maximum atomic E-state index is 8.65. The first-order valence-electron chi connectivity index (χ1n) is 6.07. The Morgan fingerprint density at radius 1 is 1.21 bits per heavy atom. The number of anilines is 1. The van der Waals surface area contributed by atoms with Crippen LogP contribution in [0.2, 0.25) is 0 Å². The molecular weight excluding hydrogens is 238 g/mol. The molecule has 4 nitrogen and oxygen atoms in total. The van der Waals surface area contributed by atoms with Crippen LogP contribution in [0.15, 0.2) is 53.7 Å². The first-order chi connectivity index (χ1) is 9.20. The molecule has 0 aliphatic heterocycles. The lowest BCUT2D eigenvalue weighted by atomic mass is 10.0. The molecule has 0 aliphatic carbocycles. The van der Waals surface area contributed by atoms with Gasteiger partial charge in [0, 0.05) is 17.8 Å². The fourth-order valence-electron chi connectivity index (χ4n) is 1.86. The van der Waals surface area contributed by atoms with Crippen molar-refractivity contribution in [3.8, 4) is 0 Å². The standard InChI is InChI=1S/C15H17N3O/c1-11-9-12(15(16)18-19)7-8-13(11)10-17-14-5-3-2-4-6-14/h2-9,17,19H,10H2,1H3,(H2,16,18). The summed E-state index contributed by atoms with van der Waals surface area (Å²) in [5.41, 5.74) is 9.66. The number of nitrogens with two attached hydrogens (primary N) is 1. The number of oxime groups is 1. The van der Waals surface area contributed by atoms with Crippen molar-refractivity contribution >= 4 is 11.5 Å². The van der Waals surface area contributed by atoms with E-state index in [2.05, 4.69) is 10.5 Å². The second kappa shape index (κ2) is 5.91. The first kappa shape index (κ1) is 13.0. The Morgan fingerprint density at radius 2 is 1.95 bits per heavy atom. The van der Waals surface area contributed by atoms with Crippen molar-refractivity contribution < 1.29 is 5.21 Å². The lowest BCUT2D eigenvalue weighted by Crippen LogP contribution is -2.13. The molecule has 0 unspecified atom stereocenters. The van der Waals surface area contributed by atoms with Gasteiger partial charge in [0.15, 0.2) is 5.84 Å². The number of amidine groups is 1. The Kier molecular flexibility index (Phi) is 4.03. The highest BCUT2D eigenvalue weighted by Gasteiger charge is 2.03. The smallest absolute Gasteiger partial charge is 0.170 e. The molecule has 0 bridgehead atoms. The van der Waals surface area contributed by atoms with Crippen LogP contribution in [-0.4, -0.2) is 11.0 Å². The maximum Gasteiger partial charge on any atom is 0.170 e. The monoisotopic (exact) mass is 255 g/mol. The number of hydrogen-bond donors (Lipinski definition) is 3. The molecule has 4 N–H and O–H groups in total. The van der Waals surface area contributed by atoms with Crippen LogP contribution in [0.5, 0.6) is 0 Å². The third-order valence-electron chi connectivity index (χ3n) is 3.00. The zero-order chi connectivity index (χ0) is 13.7. The normalized spacial score (nSPS) is 11.3. The number of aryl methyl sites for hydroxylation is 1. The van der Waals surface area contributed by atoms with Crippen LogP contribution in [0, 0.1) is 6.92 Å². The molecule has 0 radical (unpaired) electrons. The highest BCUT2D eigenvalue weighted by molar-refractivity contribution is 5.97. The van der Waals surface area contributed by atoms with Gasteiger partial charge in [-0.2, -0.15) is 0 Å². The lowest BCUT2D eigenvalue weighted by Gasteiger charge is -2.10. The van der Waals surface area contributed by atoms with E-state index in [1.54, 1.807) is 0 Å². The molecule has 0 aliphatic rings. The molecule has 98 valence electrons. The molecule has 0 aromatic heterocycles. The highest BCUT2D eigenvalue weighted by Crippen LogP contribution is 2.14. The van der Waals surface area contributed by atoms with Gasteiger partial charge in [-0.3, -0.25) is 0 Å². The summed E-state index contributed by atoms with van der Waals surface area (Å²) in [6, 6.07) is 15.8. The predicted molar refractivity (Wildman–Crippen MR) is 77.5 cm³/mol. The van der Waals surface area contributed by atoms with E-state index in [1.807, 2.05) is 55.5 Å². The highest BCUT2D eigenvalue weighted by atomic mass is 16.4. The summed E-state index contributed by atoms with van der Waals surface area (Å²) in [5.74, 6) is 0.130. The van der Waals surface area contributed by atoms with E-state index in [9.17, 15) is 0 Å². The average molecular weight is 255 g/mol. The van der Waals surface area contributed by atoms with Crippen LogP contribution in [0.1, 0.15) is 16.7 Å². The average Bonchev–Trinajstić information content (AvgIpc) is 2.46. The van der Waals surface area contributed by atoms with Crippen molar-refractivity contribution in [2.45, 2.75) is 13.5 Å². The molecule has 0 fully saturated rings. The van der Waals surface area contributed by atoms with Crippen LogP contribution in [0.3, 0.4) is 0 Å². The number of nitrogens with one attached hydrogen (secondary N) is 1. The van der Waals surface area contributed by atoms with Crippen molar-refractivity contribution in [3.63, 3.8) is 0 Å². The van der Waals surface area contributed by atoms with E-state index >= 15 is 0 Å². The molecule has 0 amide bonds. The van der Waals surface area contributed by atoms with Gasteiger partial charge in [-0.05, 0) is 36.2 Å². The second-order valence-electron chi connectivity index (χ2n) is 4.35. The van der Waals surface area contributed by atoms with Crippen molar-refractivity contribution in [1.29, 1.82) is 0 Å². The van der Waals surface area contributed by atoms with E-state index in [4.69, 9.17) is 10.9 Å². The fraction of sp³-hybridized carbons (Fsp3) is 0.133. The third kappa shape index (κ3) is 3.25. The van der Waals surface area contributed by atoms with Gasteiger partial charge in [0.1, 0.15) is 0 Å². The van der Waals surface area contributed by atoms with Gasteiger partial charge in [0.25, 0.3) is 0 Å². The topological polar surface area (TPSA) is 70.6 Å². The molecule has 4 heteroatoms. The number of para-hydroxylation sites is 1. The molecule has 0 heterocycles. The van der Waals surface area contributed by atoms with Gasteiger partial charge >= 0.3 is 0 Å². The quantitative estimate of drug-likeness (QED) is 0.340. The molecule has 2 aromatic rings. The van der Waals surface area contributed by atoms with E-state index < -0.39 is 0 Å². The summed E-state index contributed by atoms with van der Waals surface area (Å²) < 4.78 is 0. The molecule has 0 saturated heterocycles. The van der Waals surface area contributed by atoms with Crippen LogP contribution >= 0.6 is 0 Å². The minimum Gasteiger partial charge on any atom is -0.409 e. The Labute approximate surface area is 112 Å². The number of nitrogens with zero attached hydrogens (tertiary/aromatic N) is 1. The summed E-state index contributed by atoms with van der Waals surface area (Å²) in [5, 5.41) is 15.0. The van der Waals surface area contributed by atoms with E-state index in [-0.39, 0.29) is 5.84 Å². The summed E-state index contributed by atoms with van der Waals surface area (Å²) in [6.45, 7) is 2.75. The van der Waals surface area contributed by atoms with Crippen molar-refractivity contribution in [3.05, 3.63) is 65.2 Å². The summed E-state index contributed by atoms with van der Waals surface area (Å²) in [6.07, 6.45) is 0. The maximum absolute atomic E-state index is 8.65. The Bertz CT molecular complexity index is 579. The van der Waals surface area contributed by atoms with Crippen LogP contribution in [0.25, 0.3) is 0 Å². The summed E-state index contributed by atoms with van der Waals surface area (Å²) >= 11 is 0. The minimum absolute atomic E-state index is 0.130. The van der Waals surface area contributed by atoms with Crippen LogP contribution in [0.4, 0.5) is 5.69 Å². The molecular formula is C15H17N3O. The van der Waals surface area contributed by atoms with E-state index in [0.29, 0.717) is 0 Å². The number of rotatable bonds is 4. The van der Waals surface area contributed by atoms with Gasteiger partial charge in [-0.15, -0.1) is 0 Å². The van der Waals surface area contributed by atoms with Crippen molar-refractivity contribution in [2.75, 3.05) is 5.32 Å². The lowest BCUT2D eigenvalue weighted by molar-refractivity contribution is 0.318. The predicted octanol–water partition coefficient (Wildman–Crippen LogP) is 2.70. The largest absolute Gasteiger partial charge is 0.409 e. The van der Waals surface area contributed by atoms with Crippen LogP contribution in [-0.2, 0) is 6.54 Å². The molecule has 0 saturated carbocycles. The van der Waals surface area contributed by atoms with Crippen molar-refractivity contribution in [2.24, 2.45) is 10.9 Å². The molecule has 2 aromatic carbocycles. The van der Waals surface area contributed by atoms with E-state index in [1.165, 1.54) is 5.56 Å². The second-order valence-corrected chi connectivity index (χ2v) is 4.35. The molecule has 0 atom stereocenters. The van der Waals surface area contributed by atoms with Gasteiger partial charge in [0.05, 0.1) is 0 Å². The molecule has 19 heavy (non-hydrogen) atoms. The zero-order valence-electron chi connectivity index (χ0n) is 10.8. The Hall–Kier alpha value is -2.49. The molecule has 2 rings (SSSR count). The van der Waals surface area contributed by atoms with Gasteiger partial charge in [0.2, 0.25) is 0 Å². The van der Waals surface area contributed by atoms with E-state index in [0.717, 1.165) is 23.4 Å². The Morgan fingerprint density at radius 3 is 2.58 bits per heavy atom. The first-order valence-corrected chi connectivity index (χ1v) is 6.07. The Balaban J connectivity index is 2.10. The number of hydrogen-bond acceptors (Lipinski definition) is 3. The summed E-state index contributed by atoms with van der Waals surface area (Å²) in [7, 11) is 0. The van der Waals surface area contributed by atoms with Gasteiger partial charge in [-0.25, -0.2) is 0 Å².